The van der Waals surface area contributed by atoms with Gasteiger partial charge in [-0.15, -0.1) is 0 Å². The molecule has 0 radical (unpaired) electrons. The molecule has 1 unspecified atom stereocenters. The van der Waals surface area contributed by atoms with Crippen LogP contribution in [0.3, 0.4) is 0 Å². The Morgan fingerprint density at radius 2 is 1.92 bits per heavy atom. The average molecular weight is 352 g/mol. The predicted molar refractivity (Wildman–Crippen MR) is 91.2 cm³/mol. The van der Waals surface area contributed by atoms with Crippen LogP contribution in [0.5, 0.6) is 0 Å². The fourth-order valence-electron chi connectivity index (χ4n) is 2.91. The number of nitrogens with zero attached hydrogens (tertiary/aromatic N) is 2. The topological polar surface area (TPSA) is 95.7 Å². The first-order chi connectivity index (χ1) is 11.4. The minimum Gasteiger partial charge on any atom is -0.332 e. The summed E-state index contributed by atoms with van der Waals surface area (Å²) in [5.41, 5.74) is 6.29. The number of benzene rings is 1. The van der Waals surface area contributed by atoms with Crippen molar-refractivity contribution in [2.24, 2.45) is 5.73 Å². The maximum Gasteiger partial charge on any atom is 0.254 e. The number of piperazine rings is 1. The molecule has 1 aromatic rings. The van der Waals surface area contributed by atoms with Gasteiger partial charge in [-0.3, -0.25) is 4.79 Å². The van der Waals surface area contributed by atoms with Gasteiger partial charge in [0.25, 0.3) is 5.91 Å². The Kier molecular flexibility index (Phi) is 4.91. The van der Waals surface area contributed by atoms with Crippen molar-refractivity contribution in [1.82, 2.24) is 14.5 Å². The summed E-state index contributed by atoms with van der Waals surface area (Å²) >= 11 is 0. The van der Waals surface area contributed by atoms with E-state index < -0.39 is 10.0 Å². The molecule has 1 aromatic carbocycles. The third-order valence-electron chi connectivity index (χ3n) is 4.53. The highest BCUT2D eigenvalue weighted by Crippen LogP contribution is 2.22. The molecule has 0 aromatic heterocycles. The van der Waals surface area contributed by atoms with E-state index in [1.54, 1.807) is 17.0 Å². The lowest BCUT2D eigenvalue weighted by Gasteiger charge is -2.39. The van der Waals surface area contributed by atoms with Gasteiger partial charge in [-0.1, -0.05) is 0 Å². The summed E-state index contributed by atoms with van der Waals surface area (Å²) in [5.74, 6) is -0.0994. The smallest absolute Gasteiger partial charge is 0.254 e. The average Bonchev–Trinajstić information content (AvgIpc) is 3.37. The van der Waals surface area contributed by atoms with Gasteiger partial charge in [0.15, 0.2) is 0 Å². The first-order valence-corrected chi connectivity index (χ1v) is 9.71. The van der Waals surface area contributed by atoms with Crippen LogP contribution in [-0.2, 0) is 10.0 Å². The van der Waals surface area contributed by atoms with E-state index in [9.17, 15) is 13.2 Å². The Morgan fingerprint density at radius 3 is 2.50 bits per heavy atom. The Balaban J connectivity index is 1.73. The van der Waals surface area contributed by atoms with Crippen LogP contribution in [0.1, 0.15) is 23.2 Å². The van der Waals surface area contributed by atoms with Crippen molar-refractivity contribution in [2.45, 2.75) is 29.8 Å². The van der Waals surface area contributed by atoms with Gasteiger partial charge < -0.3 is 15.5 Å². The molecular weight excluding hydrogens is 328 g/mol. The summed E-state index contributed by atoms with van der Waals surface area (Å²) in [6, 6.07) is 6.19. The zero-order valence-electron chi connectivity index (χ0n) is 13.8. The predicted octanol–water partition coefficient (Wildman–Crippen LogP) is -0.158. The lowest BCUT2D eigenvalue weighted by Crippen LogP contribution is -2.56. The highest BCUT2D eigenvalue weighted by Gasteiger charge is 2.30. The zero-order valence-corrected chi connectivity index (χ0v) is 14.6. The third kappa shape index (κ3) is 3.77. The summed E-state index contributed by atoms with van der Waals surface area (Å²) in [7, 11) is -1.48. The van der Waals surface area contributed by atoms with E-state index in [1.165, 1.54) is 12.1 Å². The summed E-state index contributed by atoms with van der Waals surface area (Å²) in [5, 5.41) is 0. The first kappa shape index (κ1) is 17.3. The van der Waals surface area contributed by atoms with Crippen molar-refractivity contribution in [3.8, 4) is 0 Å². The van der Waals surface area contributed by atoms with Crippen molar-refractivity contribution in [3.63, 3.8) is 0 Å². The molecule has 7 nitrogen and oxygen atoms in total. The van der Waals surface area contributed by atoms with Crippen molar-refractivity contribution >= 4 is 15.9 Å². The summed E-state index contributed by atoms with van der Waals surface area (Å²) in [4.78, 5) is 16.8. The van der Waals surface area contributed by atoms with Crippen LogP contribution in [0.25, 0.3) is 0 Å². The number of hydrogen-bond donors (Lipinski definition) is 2. The molecule has 1 heterocycles. The van der Waals surface area contributed by atoms with Crippen LogP contribution in [0.15, 0.2) is 29.2 Å². The Hall–Kier alpha value is -1.48. The Labute approximate surface area is 142 Å². The molecule has 0 spiro atoms. The largest absolute Gasteiger partial charge is 0.332 e. The monoisotopic (exact) mass is 352 g/mol. The van der Waals surface area contributed by atoms with E-state index in [2.05, 4.69) is 9.62 Å². The van der Waals surface area contributed by atoms with Crippen LogP contribution in [0.2, 0.25) is 0 Å². The van der Waals surface area contributed by atoms with Crippen molar-refractivity contribution in [1.29, 1.82) is 0 Å². The summed E-state index contributed by atoms with van der Waals surface area (Å²) in [6.45, 7) is 2.59. The molecule has 1 aliphatic heterocycles. The molecule has 2 aliphatic rings. The highest BCUT2D eigenvalue weighted by molar-refractivity contribution is 7.89. The maximum atomic E-state index is 12.7. The number of nitrogens with one attached hydrogen (secondary N) is 1. The normalized spacial score (nSPS) is 22.6. The van der Waals surface area contributed by atoms with Gasteiger partial charge in [0, 0.05) is 37.8 Å². The molecule has 1 aliphatic carbocycles. The first-order valence-electron chi connectivity index (χ1n) is 8.22. The van der Waals surface area contributed by atoms with Crippen LogP contribution < -0.4 is 10.5 Å². The number of hydrogen-bond acceptors (Lipinski definition) is 5. The van der Waals surface area contributed by atoms with Crippen LogP contribution in [0, 0.1) is 0 Å². The van der Waals surface area contributed by atoms with Gasteiger partial charge in [0.1, 0.15) is 0 Å². The van der Waals surface area contributed by atoms with Crippen molar-refractivity contribution in [2.75, 3.05) is 33.2 Å². The Bertz CT molecular complexity index is 701. The number of carbonyl (C=O) groups is 1. The molecular formula is C16H24N4O3S. The van der Waals surface area contributed by atoms with Gasteiger partial charge in [0.2, 0.25) is 10.0 Å². The molecule has 24 heavy (non-hydrogen) atoms. The van der Waals surface area contributed by atoms with Crippen LogP contribution in [0.4, 0.5) is 0 Å². The third-order valence-corrected chi connectivity index (χ3v) is 6.07. The number of nitrogens with two attached hydrogens (primary N) is 1. The molecule has 2 fully saturated rings. The number of amides is 1. The molecule has 132 valence electrons. The highest BCUT2D eigenvalue weighted by atomic mass is 32.2. The molecule has 3 N–H and O–H groups in total. The van der Waals surface area contributed by atoms with Gasteiger partial charge in [-0.05, 0) is 44.2 Å². The SMILES string of the molecule is CN1CCN(C(=O)c2ccc(S(=O)(=O)NC3CC3)cc2)C(CN)C1. The van der Waals surface area contributed by atoms with E-state index in [0.717, 1.165) is 25.9 Å². The van der Waals surface area contributed by atoms with Gasteiger partial charge >= 0.3 is 0 Å². The van der Waals surface area contributed by atoms with Crippen LogP contribution in [-0.4, -0.2) is 69.4 Å². The molecule has 0 bridgehead atoms. The molecule has 1 saturated heterocycles. The maximum absolute atomic E-state index is 12.7. The van der Waals surface area contributed by atoms with Crippen molar-refractivity contribution in [3.05, 3.63) is 29.8 Å². The molecule has 1 atom stereocenters. The van der Waals surface area contributed by atoms with E-state index in [0.29, 0.717) is 18.7 Å². The van der Waals surface area contributed by atoms with E-state index in [-0.39, 0.29) is 22.9 Å². The van der Waals surface area contributed by atoms with E-state index in [1.807, 2.05) is 7.05 Å². The zero-order chi connectivity index (χ0) is 17.3. The quantitative estimate of drug-likeness (QED) is 0.768. The van der Waals surface area contributed by atoms with E-state index >= 15 is 0 Å². The van der Waals surface area contributed by atoms with Gasteiger partial charge in [-0.2, -0.15) is 0 Å². The fourth-order valence-corrected chi connectivity index (χ4v) is 4.22. The summed E-state index contributed by atoms with van der Waals surface area (Å²) in [6.07, 6.45) is 1.78. The number of carbonyl (C=O) groups excluding carboxylic acids is 1. The molecule has 3 rings (SSSR count). The fraction of sp³-hybridized carbons (Fsp3) is 0.562. The minimum absolute atomic E-state index is 0.0174. The lowest BCUT2D eigenvalue weighted by atomic mass is 10.1. The number of sulfonamides is 1. The van der Waals surface area contributed by atoms with Gasteiger partial charge in [0.05, 0.1) is 10.9 Å². The Morgan fingerprint density at radius 1 is 1.25 bits per heavy atom. The second kappa shape index (κ2) is 6.79. The number of rotatable bonds is 5. The molecule has 8 heteroatoms. The standard InChI is InChI=1S/C16H24N4O3S/c1-19-8-9-20(14(10-17)11-19)16(21)12-2-6-15(7-3-12)24(22,23)18-13-4-5-13/h2-3,6-7,13-14,18H,4-5,8-11,17H2,1H3. The van der Waals surface area contributed by atoms with Gasteiger partial charge in [-0.25, -0.2) is 13.1 Å². The molecule has 1 saturated carbocycles. The van der Waals surface area contributed by atoms with Crippen molar-refractivity contribution < 1.29 is 13.2 Å². The second-order valence-electron chi connectivity index (χ2n) is 6.57. The summed E-state index contributed by atoms with van der Waals surface area (Å²) < 4.78 is 27.0. The molecule has 1 amide bonds. The van der Waals surface area contributed by atoms with Crippen LogP contribution >= 0.6 is 0 Å². The number of likely N-dealkylation sites (N-methyl/N-ethyl adjacent to an activating group) is 1. The second-order valence-corrected chi connectivity index (χ2v) is 8.28. The minimum atomic E-state index is -3.49. The lowest BCUT2D eigenvalue weighted by molar-refractivity contribution is 0.0516. The van der Waals surface area contributed by atoms with E-state index in [4.69, 9.17) is 5.73 Å².